The lowest BCUT2D eigenvalue weighted by atomic mass is 10.1. The molecule has 0 spiro atoms. The van der Waals surface area contributed by atoms with E-state index in [4.69, 9.17) is 9.47 Å². The molecule has 1 unspecified atom stereocenters. The number of unbranched alkanes of at least 4 members (excludes halogenated alkanes) is 3. The maximum absolute atomic E-state index is 11.7. The summed E-state index contributed by atoms with van der Waals surface area (Å²) in [7, 11) is -3.14. The van der Waals surface area contributed by atoms with Gasteiger partial charge >= 0.3 is 5.97 Å². The molecular weight excluding hydrogens is 306 g/mol. The molecule has 0 aromatic heterocycles. The molecule has 1 atom stereocenters. The molecule has 0 saturated carbocycles. The van der Waals surface area contributed by atoms with Gasteiger partial charge in [-0.15, -0.1) is 0 Å². The summed E-state index contributed by atoms with van der Waals surface area (Å²) >= 11 is 0. The van der Waals surface area contributed by atoms with Gasteiger partial charge in [0.25, 0.3) is 0 Å². The first kappa shape index (κ1) is 19.4. The lowest BCUT2D eigenvalue weighted by Crippen LogP contribution is -2.32. The van der Waals surface area contributed by atoms with E-state index in [0.717, 1.165) is 45.1 Å². The Morgan fingerprint density at radius 1 is 1.18 bits per heavy atom. The van der Waals surface area contributed by atoms with Crippen LogP contribution in [0, 0.1) is 0 Å². The summed E-state index contributed by atoms with van der Waals surface area (Å²) in [6.07, 6.45) is 7.33. The standard InChI is InChI=1S/C15H29NO5S/c1-3-20-15(17)10-6-4-5-7-11-16(22(2,18)19)12-8-9-14-13-21-14/h14H,3-13H2,1-2H3. The number of hydrogen-bond acceptors (Lipinski definition) is 5. The molecule has 1 saturated heterocycles. The predicted molar refractivity (Wildman–Crippen MR) is 85.1 cm³/mol. The number of ether oxygens (including phenoxy) is 2. The summed E-state index contributed by atoms with van der Waals surface area (Å²) < 4.78 is 35.0. The Hall–Kier alpha value is -0.660. The highest BCUT2D eigenvalue weighted by Crippen LogP contribution is 2.16. The molecule has 0 aromatic rings. The molecule has 1 aliphatic heterocycles. The molecule has 0 N–H and O–H groups in total. The molecule has 1 heterocycles. The molecular formula is C15H29NO5S. The van der Waals surface area contributed by atoms with Gasteiger partial charge in [-0.1, -0.05) is 12.8 Å². The average Bonchev–Trinajstić information content (AvgIpc) is 3.23. The quantitative estimate of drug-likeness (QED) is 0.292. The average molecular weight is 335 g/mol. The number of rotatable bonds is 13. The third-order valence-corrected chi connectivity index (χ3v) is 4.95. The summed E-state index contributed by atoms with van der Waals surface area (Å²) in [5, 5.41) is 0. The van der Waals surface area contributed by atoms with E-state index in [9.17, 15) is 13.2 Å². The third kappa shape index (κ3) is 9.38. The third-order valence-electron chi connectivity index (χ3n) is 3.65. The van der Waals surface area contributed by atoms with Crippen LogP contribution in [-0.2, 0) is 24.3 Å². The lowest BCUT2D eigenvalue weighted by molar-refractivity contribution is -0.143. The van der Waals surface area contributed by atoms with Crippen LogP contribution >= 0.6 is 0 Å². The van der Waals surface area contributed by atoms with Crippen LogP contribution in [0.25, 0.3) is 0 Å². The molecule has 6 nitrogen and oxygen atoms in total. The van der Waals surface area contributed by atoms with Gasteiger partial charge in [0.1, 0.15) is 0 Å². The van der Waals surface area contributed by atoms with Crippen LogP contribution in [-0.4, -0.2) is 57.4 Å². The van der Waals surface area contributed by atoms with Gasteiger partial charge in [-0.3, -0.25) is 4.79 Å². The van der Waals surface area contributed by atoms with Crippen molar-refractivity contribution in [3.05, 3.63) is 0 Å². The number of nitrogens with zero attached hydrogens (tertiary/aromatic N) is 1. The highest BCUT2D eigenvalue weighted by molar-refractivity contribution is 7.88. The summed E-state index contributed by atoms with van der Waals surface area (Å²) in [6, 6.07) is 0. The van der Waals surface area contributed by atoms with Gasteiger partial charge in [0.2, 0.25) is 10.0 Å². The van der Waals surface area contributed by atoms with Crippen LogP contribution in [0.15, 0.2) is 0 Å². The van der Waals surface area contributed by atoms with Crippen molar-refractivity contribution >= 4 is 16.0 Å². The molecule has 1 fully saturated rings. The van der Waals surface area contributed by atoms with Crippen molar-refractivity contribution < 1.29 is 22.7 Å². The van der Waals surface area contributed by atoms with E-state index < -0.39 is 10.0 Å². The second-order valence-electron chi connectivity index (χ2n) is 5.73. The molecule has 0 amide bonds. The highest BCUT2D eigenvalue weighted by atomic mass is 32.2. The van der Waals surface area contributed by atoms with Crippen molar-refractivity contribution in [2.45, 2.75) is 58.0 Å². The van der Waals surface area contributed by atoms with Gasteiger partial charge in [-0.2, -0.15) is 0 Å². The summed E-state index contributed by atoms with van der Waals surface area (Å²) in [5.41, 5.74) is 0. The van der Waals surface area contributed by atoms with E-state index in [2.05, 4.69) is 0 Å². The first-order valence-corrected chi connectivity index (χ1v) is 10.0. The molecule has 130 valence electrons. The van der Waals surface area contributed by atoms with Gasteiger partial charge in [0.15, 0.2) is 0 Å². The van der Waals surface area contributed by atoms with Crippen LogP contribution in [0.1, 0.15) is 51.9 Å². The minimum atomic E-state index is -3.14. The SMILES string of the molecule is CCOC(=O)CCCCCCN(CCCC1CO1)S(C)(=O)=O. The molecule has 22 heavy (non-hydrogen) atoms. The van der Waals surface area contributed by atoms with Crippen LogP contribution in [0.2, 0.25) is 0 Å². The maximum atomic E-state index is 11.7. The van der Waals surface area contributed by atoms with Crippen LogP contribution in [0.5, 0.6) is 0 Å². The summed E-state index contributed by atoms with van der Waals surface area (Å²) in [6.45, 7) is 4.17. The number of sulfonamides is 1. The fourth-order valence-electron chi connectivity index (χ4n) is 2.32. The summed E-state index contributed by atoms with van der Waals surface area (Å²) in [4.78, 5) is 11.2. The molecule has 0 radical (unpaired) electrons. The summed E-state index contributed by atoms with van der Waals surface area (Å²) in [5.74, 6) is -0.150. The fraction of sp³-hybridized carbons (Fsp3) is 0.933. The van der Waals surface area contributed by atoms with Crippen LogP contribution in [0.3, 0.4) is 0 Å². The van der Waals surface area contributed by atoms with Gasteiger partial charge in [0.05, 0.1) is 25.6 Å². The van der Waals surface area contributed by atoms with E-state index in [1.54, 1.807) is 11.2 Å². The lowest BCUT2D eigenvalue weighted by Gasteiger charge is -2.19. The molecule has 1 rings (SSSR count). The zero-order valence-corrected chi connectivity index (χ0v) is 14.6. The zero-order chi connectivity index (χ0) is 16.4. The minimum Gasteiger partial charge on any atom is -0.466 e. The van der Waals surface area contributed by atoms with Crippen molar-refractivity contribution in [1.29, 1.82) is 0 Å². The second-order valence-corrected chi connectivity index (χ2v) is 7.71. The normalized spacial score (nSPS) is 17.7. The largest absolute Gasteiger partial charge is 0.466 e. The number of esters is 1. The topological polar surface area (TPSA) is 76.2 Å². The van der Waals surface area contributed by atoms with Crippen LogP contribution in [0.4, 0.5) is 0 Å². The monoisotopic (exact) mass is 335 g/mol. The van der Waals surface area contributed by atoms with E-state index in [1.807, 2.05) is 0 Å². The second kappa shape index (κ2) is 10.2. The molecule has 1 aliphatic rings. The van der Waals surface area contributed by atoms with Crippen LogP contribution < -0.4 is 0 Å². The van der Waals surface area contributed by atoms with Crippen molar-refractivity contribution in [1.82, 2.24) is 4.31 Å². The van der Waals surface area contributed by atoms with Crippen molar-refractivity contribution in [3.63, 3.8) is 0 Å². The minimum absolute atomic E-state index is 0.150. The van der Waals surface area contributed by atoms with E-state index in [0.29, 0.717) is 32.2 Å². The van der Waals surface area contributed by atoms with Crippen molar-refractivity contribution in [2.75, 3.05) is 32.6 Å². The van der Waals surface area contributed by atoms with Crippen molar-refractivity contribution in [3.8, 4) is 0 Å². The first-order valence-electron chi connectivity index (χ1n) is 8.16. The van der Waals surface area contributed by atoms with Gasteiger partial charge in [0, 0.05) is 19.5 Å². The number of epoxide rings is 1. The number of carbonyl (C=O) groups is 1. The Morgan fingerprint density at radius 2 is 1.82 bits per heavy atom. The fourth-order valence-corrected chi connectivity index (χ4v) is 3.24. The Morgan fingerprint density at radius 3 is 2.41 bits per heavy atom. The Bertz CT molecular complexity index is 420. The van der Waals surface area contributed by atoms with E-state index in [-0.39, 0.29) is 5.97 Å². The first-order chi connectivity index (χ1) is 10.4. The van der Waals surface area contributed by atoms with Crippen molar-refractivity contribution in [2.24, 2.45) is 0 Å². The number of carbonyl (C=O) groups excluding carboxylic acids is 1. The Labute approximate surface area is 134 Å². The zero-order valence-electron chi connectivity index (χ0n) is 13.8. The smallest absolute Gasteiger partial charge is 0.305 e. The van der Waals surface area contributed by atoms with Gasteiger partial charge in [-0.05, 0) is 32.6 Å². The predicted octanol–water partition coefficient (Wildman–Crippen LogP) is 1.94. The van der Waals surface area contributed by atoms with E-state index in [1.165, 1.54) is 6.26 Å². The Kier molecular flexibility index (Phi) is 8.97. The van der Waals surface area contributed by atoms with Gasteiger partial charge < -0.3 is 9.47 Å². The molecule has 0 aromatic carbocycles. The highest BCUT2D eigenvalue weighted by Gasteiger charge is 2.23. The van der Waals surface area contributed by atoms with Gasteiger partial charge in [-0.25, -0.2) is 12.7 Å². The molecule has 0 aliphatic carbocycles. The molecule has 7 heteroatoms. The number of hydrogen-bond donors (Lipinski definition) is 0. The maximum Gasteiger partial charge on any atom is 0.305 e. The van der Waals surface area contributed by atoms with E-state index >= 15 is 0 Å². The Balaban J connectivity index is 2.10. The molecule has 0 bridgehead atoms.